The van der Waals surface area contributed by atoms with Crippen LogP contribution in [-0.4, -0.2) is 30.6 Å². The molecular weight excluding hydrogens is 240 g/mol. The monoisotopic (exact) mass is 266 g/mol. The molecule has 2 nitrogen and oxygen atoms in total. The van der Waals surface area contributed by atoms with Crippen molar-refractivity contribution in [3.63, 3.8) is 0 Å². The quantitative estimate of drug-likeness (QED) is 0.880. The van der Waals surface area contributed by atoms with E-state index in [0.717, 1.165) is 13.0 Å². The molecular formula is C15H26N2S. The standard InChI is InChI=1S/C15H26N2S/c1-3-13-8-11-18-15(13)12-16-14-6-5-9-17(4-2)10-7-14/h8,11,14,16H,3-7,9-10,12H2,1-2H3. The summed E-state index contributed by atoms with van der Waals surface area (Å²) < 4.78 is 0. The summed E-state index contributed by atoms with van der Waals surface area (Å²) in [4.78, 5) is 4.11. The van der Waals surface area contributed by atoms with E-state index in [1.807, 2.05) is 11.3 Å². The molecule has 1 N–H and O–H groups in total. The predicted octanol–water partition coefficient (Wildman–Crippen LogP) is 3.27. The van der Waals surface area contributed by atoms with Gasteiger partial charge in [0.1, 0.15) is 0 Å². The van der Waals surface area contributed by atoms with Crippen LogP contribution in [0.25, 0.3) is 0 Å². The van der Waals surface area contributed by atoms with Crippen molar-refractivity contribution < 1.29 is 0 Å². The SMILES string of the molecule is CCc1ccsc1CNC1CCCN(CC)CC1. The summed E-state index contributed by atoms with van der Waals surface area (Å²) in [7, 11) is 0. The van der Waals surface area contributed by atoms with Gasteiger partial charge in [-0.1, -0.05) is 13.8 Å². The Morgan fingerprint density at radius 3 is 3.00 bits per heavy atom. The van der Waals surface area contributed by atoms with E-state index in [0.29, 0.717) is 6.04 Å². The Balaban J connectivity index is 1.79. The summed E-state index contributed by atoms with van der Waals surface area (Å²) in [6.45, 7) is 9.34. The van der Waals surface area contributed by atoms with Crippen molar-refractivity contribution in [2.45, 2.75) is 52.1 Å². The number of rotatable bonds is 5. The molecule has 1 aromatic rings. The van der Waals surface area contributed by atoms with Crippen LogP contribution in [0.2, 0.25) is 0 Å². The van der Waals surface area contributed by atoms with Gasteiger partial charge < -0.3 is 10.2 Å². The molecule has 1 aromatic heterocycles. The normalized spacial score (nSPS) is 22.0. The van der Waals surface area contributed by atoms with Crippen LogP contribution in [0.15, 0.2) is 11.4 Å². The lowest BCUT2D eigenvalue weighted by molar-refractivity contribution is 0.297. The van der Waals surface area contributed by atoms with E-state index >= 15 is 0 Å². The zero-order chi connectivity index (χ0) is 12.8. The molecule has 18 heavy (non-hydrogen) atoms. The van der Waals surface area contributed by atoms with Gasteiger partial charge in [0.15, 0.2) is 0 Å². The zero-order valence-corrected chi connectivity index (χ0v) is 12.6. The summed E-state index contributed by atoms with van der Waals surface area (Å²) in [5.41, 5.74) is 1.52. The lowest BCUT2D eigenvalue weighted by Gasteiger charge is -2.18. The first kappa shape index (κ1) is 14.0. The van der Waals surface area contributed by atoms with Crippen molar-refractivity contribution in [2.75, 3.05) is 19.6 Å². The minimum atomic E-state index is 0.716. The van der Waals surface area contributed by atoms with Crippen LogP contribution in [-0.2, 0) is 13.0 Å². The molecule has 1 unspecified atom stereocenters. The molecule has 0 aromatic carbocycles. The third-order valence-corrected chi connectivity index (χ3v) is 5.00. The van der Waals surface area contributed by atoms with Crippen LogP contribution in [0.1, 0.15) is 43.6 Å². The predicted molar refractivity (Wildman–Crippen MR) is 80.3 cm³/mol. The molecule has 0 saturated carbocycles. The highest BCUT2D eigenvalue weighted by Gasteiger charge is 2.15. The highest BCUT2D eigenvalue weighted by molar-refractivity contribution is 7.10. The van der Waals surface area contributed by atoms with Crippen LogP contribution in [0, 0.1) is 0 Å². The molecule has 1 saturated heterocycles. The number of aryl methyl sites for hydroxylation is 1. The van der Waals surface area contributed by atoms with Crippen LogP contribution in [0.3, 0.4) is 0 Å². The molecule has 1 aliphatic heterocycles. The Kier molecular flexibility index (Phi) is 5.67. The number of hydrogen-bond acceptors (Lipinski definition) is 3. The van der Waals surface area contributed by atoms with Crippen LogP contribution >= 0.6 is 11.3 Å². The topological polar surface area (TPSA) is 15.3 Å². The zero-order valence-electron chi connectivity index (χ0n) is 11.7. The number of thiophene rings is 1. The Morgan fingerprint density at radius 2 is 2.22 bits per heavy atom. The minimum Gasteiger partial charge on any atom is -0.309 e. The molecule has 2 rings (SSSR count). The smallest absolute Gasteiger partial charge is 0.0305 e. The molecule has 102 valence electrons. The number of nitrogens with one attached hydrogen (secondary N) is 1. The van der Waals surface area contributed by atoms with Crippen LogP contribution in [0.4, 0.5) is 0 Å². The van der Waals surface area contributed by atoms with Gasteiger partial charge in [-0.3, -0.25) is 0 Å². The van der Waals surface area contributed by atoms with Crippen molar-refractivity contribution in [1.82, 2.24) is 10.2 Å². The molecule has 0 amide bonds. The fourth-order valence-corrected chi connectivity index (χ4v) is 3.68. The Morgan fingerprint density at radius 1 is 1.33 bits per heavy atom. The van der Waals surface area contributed by atoms with E-state index in [-0.39, 0.29) is 0 Å². The first-order chi connectivity index (χ1) is 8.83. The first-order valence-corrected chi connectivity index (χ1v) is 8.22. The van der Waals surface area contributed by atoms with Gasteiger partial charge in [-0.25, -0.2) is 0 Å². The summed E-state index contributed by atoms with van der Waals surface area (Å²) in [5, 5.41) is 5.99. The van der Waals surface area contributed by atoms with Crippen molar-refractivity contribution >= 4 is 11.3 Å². The van der Waals surface area contributed by atoms with E-state index < -0.39 is 0 Å². The second kappa shape index (κ2) is 7.27. The van der Waals surface area contributed by atoms with E-state index in [1.165, 1.54) is 49.3 Å². The summed E-state index contributed by atoms with van der Waals surface area (Å²) in [6, 6.07) is 2.99. The molecule has 2 heterocycles. The van der Waals surface area contributed by atoms with Gasteiger partial charge in [0.2, 0.25) is 0 Å². The van der Waals surface area contributed by atoms with Gasteiger partial charge in [0.25, 0.3) is 0 Å². The Labute approximate surface area is 115 Å². The summed E-state index contributed by atoms with van der Waals surface area (Å²) in [5.74, 6) is 0. The number of nitrogens with zero attached hydrogens (tertiary/aromatic N) is 1. The molecule has 0 spiro atoms. The van der Waals surface area contributed by atoms with E-state index in [9.17, 15) is 0 Å². The third kappa shape index (κ3) is 3.81. The highest BCUT2D eigenvalue weighted by Crippen LogP contribution is 2.18. The number of hydrogen-bond donors (Lipinski definition) is 1. The first-order valence-electron chi connectivity index (χ1n) is 7.34. The van der Waals surface area contributed by atoms with Gasteiger partial charge in [-0.2, -0.15) is 0 Å². The molecule has 0 aliphatic carbocycles. The molecule has 0 bridgehead atoms. The lowest BCUT2D eigenvalue weighted by Crippen LogP contribution is -2.30. The van der Waals surface area contributed by atoms with Crippen molar-refractivity contribution in [3.05, 3.63) is 21.9 Å². The van der Waals surface area contributed by atoms with Gasteiger partial charge in [0.05, 0.1) is 0 Å². The maximum absolute atomic E-state index is 3.77. The summed E-state index contributed by atoms with van der Waals surface area (Å²) in [6.07, 6.45) is 5.15. The fraction of sp³-hybridized carbons (Fsp3) is 0.733. The Bertz CT molecular complexity index is 348. The van der Waals surface area contributed by atoms with Gasteiger partial charge in [-0.15, -0.1) is 11.3 Å². The highest BCUT2D eigenvalue weighted by atomic mass is 32.1. The van der Waals surface area contributed by atoms with Crippen molar-refractivity contribution in [2.24, 2.45) is 0 Å². The van der Waals surface area contributed by atoms with Gasteiger partial charge in [0, 0.05) is 17.5 Å². The lowest BCUT2D eigenvalue weighted by atomic mass is 10.1. The fourth-order valence-electron chi connectivity index (χ4n) is 2.75. The molecule has 3 heteroatoms. The van der Waals surface area contributed by atoms with Crippen molar-refractivity contribution in [1.29, 1.82) is 0 Å². The Hall–Kier alpha value is -0.380. The average molecular weight is 266 g/mol. The third-order valence-electron chi connectivity index (χ3n) is 4.04. The largest absolute Gasteiger partial charge is 0.309 e. The molecule has 0 radical (unpaired) electrons. The van der Waals surface area contributed by atoms with Crippen molar-refractivity contribution in [3.8, 4) is 0 Å². The van der Waals surface area contributed by atoms with E-state index in [4.69, 9.17) is 0 Å². The van der Waals surface area contributed by atoms with E-state index in [1.54, 1.807) is 0 Å². The van der Waals surface area contributed by atoms with Crippen LogP contribution < -0.4 is 5.32 Å². The maximum Gasteiger partial charge on any atom is 0.0305 e. The maximum atomic E-state index is 3.77. The molecule has 1 fully saturated rings. The second-order valence-electron chi connectivity index (χ2n) is 5.17. The minimum absolute atomic E-state index is 0.716. The van der Waals surface area contributed by atoms with Gasteiger partial charge in [-0.05, 0) is 62.3 Å². The number of likely N-dealkylation sites (tertiary alicyclic amines) is 1. The molecule has 1 aliphatic rings. The van der Waals surface area contributed by atoms with E-state index in [2.05, 4.69) is 35.5 Å². The summed E-state index contributed by atoms with van der Waals surface area (Å²) >= 11 is 1.90. The van der Waals surface area contributed by atoms with Gasteiger partial charge >= 0.3 is 0 Å². The average Bonchev–Trinajstić information content (AvgIpc) is 2.73. The molecule has 1 atom stereocenters. The van der Waals surface area contributed by atoms with Crippen LogP contribution in [0.5, 0.6) is 0 Å². The second-order valence-corrected chi connectivity index (χ2v) is 6.17.